The van der Waals surface area contributed by atoms with Crippen molar-refractivity contribution in [2.24, 2.45) is 16.9 Å². The molecule has 0 aliphatic heterocycles. The van der Waals surface area contributed by atoms with Gasteiger partial charge >= 0.3 is 0 Å². The van der Waals surface area contributed by atoms with Gasteiger partial charge in [-0.25, -0.2) is 0 Å². The number of nitrogens with two attached hydrogens (primary N) is 2. The smallest absolute Gasteiger partial charge is 0.223 e. The Kier molecular flexibility index (Phi) is 3.76. The first-order chi connectivity index (χ1) is 7.24. The molecule has 0 spiro atoms. The summed E-state index contributed by atoms with van der Waals surface area (Å²) >= 11 is 1.74. The zero-order valence-corrected chi connectivity index (χ0v) is 11.1. The summed E-state index contributed by atoms with van der Waals surface area (Å²) in [6.45, 7) is 7.80. The van der Waals surface area contributed by atoms with Crippen LogP contribution in [-0.2, 0) is 4.79 Å². The molecule has 0 aliphatic carbocycles. The molecule has 1 aromatic rings. The van der Waals surface area contributed by atoms with Gasteiger partial charge in [-0.05, 0) is 31.9 Å². The lowest BCUT2D eigenvalue weighted by Crippen LogP contribution is -2.34. The zero-order chi connectivity index (χ0) is 12.5. The second-order valence-corrected chi connectivity index (χ2v) is 6.39. The Labute approximate surface area is 101 Å². The fraction of sp³-hybridized carbons (Fsp3) is 0.583. The van der Waals surface area contributed by atoms with Crippen molar-refractivity contribution in [2.45, 2.75) is 40.2 Å². The molecule has 0 fully saturated rings. The summed E-state index contributed by atoms with van der Waals surface area (Å²) in [5, 5.41) is 0. The van der Waals surface area contributed by atoms with Crippen LogP contribution < -0.4 is 11.5 Å². The van der Waals surface area contributed by atoms with E-state index in [1.807, 2.05) is 13.8 Å². The summed E-state index contributed by atoms with van der Waals surface area (Å²) in [5.74, 6) is -0.299. The Morgan fingerprint density at radius 3 is 2.44 bits per heavy atom. The number of thiophene rings is 1. The number of hydrogen-bond acceptors (Lipinski definition) is 3. The van der Waals surface area contributed by atoms with Crippen molar-refractivity contribution in [3.05, 3.63) is 21.4 Å². The van der Waals surface area contributed by atoms with Crippen molar-refractivity contribution in [3.8, 4) is 0 Å². The average molecular weight is 240 g/mol. The highest BCUT2D eigenvalue weighted by Gasteiger charge is 2.28. The SMILES string of the molecule is Cc1cc(C(N)CC(C)(C)C(N)=O)c(C)s1. The van der Waals surface area contributed by atoms with Crippen LogP contribution in [-0.4, -0.2) is 5.91 Å². The molecular formula is C12H20N2OS. The summed E-state index contributed by atoms with van der Waals surface area (Å²) in [7, 11) is 0. The third-order valence-electron chi connectivity index (χ3n) is 2.88. The van der Waals surface area contributed by atoms with Gasteiger partial charge in [0.1, 0.15) is 0 Å². The van der Waals surface area contributed by atoms with Gasteiger partial charge in [0, 0.05) is 21.2 Å². The minimum atomic E-state index is -0.554. The van der Waals surface area contributed by atoms with Crippen LogP contribution >= 0.6 is 11.3 Å². The van der Waals surface area contributed by atoms with E-state index in [2.05, 4.69) is 19.9 Å². The highest BCUT2D eigenvalue weighted by atomic mass is 32.1. The molecule has 0 saturated heterocycles. The van der Waals surface area contributed by atoms with Crippen LogP contribution in [0.4, 0.5) is 0 Å². The van der Waals surface area contributed by atoms with Gasteiger partial charge in [-0.2, -0.15) is 0 Å². The number of hydrogen-bond donors (Lipinski definition) is 2. The first-order valence-corrected chi connectivity index (χ1v) is 6.18. The maximum atomic E-state index is 11.2. The third-order valence-corrected chi connectivity index (χ3v) is 3.86. The van der Waals surface area contributed by atoms with Gasteiger partial charge in [-0.15, -0.1) is 11.3 Å². The van der Waals surface area contributed by atoms with Crippen LogP contribution in [0.25, 0.3) is 0 Å². The molecule has 0 aliphatic rings. The van der Waals surface area contributed by atoms with E-state index >= 15 is 0 Å². The maximum absolute atomic E-state index is 11.2. The summed E-state index contributed by atoms with van der Waals surface area (Å²) in [6.07, 6.45) is 0.583. The fourth-order valence-corrected chi connectivity index (χ4v) is 2.78. The second kappa shape index (κ2) is 4.55. The molecule has 90 valence electrons. The lowest BCUT2D eigenvalue weighted by Gasteiger charge is -2.24. The standard InChI is InChI=1S/C12H20N2OS/c1-7-5-9(8(2)16-7)10(13)6-12(3,4)11(14)15/h5,10H,6,13H2,1-4H3,(H2,14,15). The molecule has 1 atom stereocenters. The molecule has 0 aromatic carbocycles. The Morgan fingerprint density at radius 1 is 1.50 bits per heavy atom. The zero-order valence-electron chi connectivity index (χ0n) is 10.3. The quantitative estimate of drug-likeness (QED) is 0.847. The summed E-state index contributed by atoms with van der Waals surface area (Å²) in [4.78, 5) is 13.7. The van der Waals surface area contributed by atoms with Crippen molar-refractivity contribution >= 4 is 17.2 Å². The summed E-state index contributed by atoms with van der Waals surface area (Å²) in [6, 6.07) is 1.98. The van der Waals surface area contributed by atoms with E-state index < -0.39 is 5.41 Å². The largest absolute Gasteiger partial charge is 0.369 e. The molecule has 4 N–H and O–H groups in total. The summed E-state index contributed by atoms with van der Waals surface area (Å²) < 4.78 is 0. The fourth-order valence-electron chi connectivity index (χ4n) is 1.78. The van der Waals surface area contributed by atoms with Gasteiger partial charge in [0.05, 0.1) is 0 Å². The van der Waals surface area contributed by atoms with Crippen molar-refractivity contribution in [1.29, 1.82) is 0 Å². The van der Waals surface area contributed by atoms with Gasteiger partial charge in [0.2, 0.25) is 5.91 Å². The highest BCUT2D eigenvalue weighted by Crippen LogP contribution is 2.32. The van der Waals surface area contributed by atoms with E-state index in [-0.39, 0.29) is 11.9 Å². The van der Waals surface area contributed by atoms with Crippen molar-refractivity contribution in [2.75, 3.05) is 0 Å². The molecule has 4 heteroatoms. The first kappa shape index (κ1) is 13.2. The van der Waals surface area contributed by atoms with E-state index in [4.69, 9.17) is 11.5 Å². The molecule has 1 unspecified atom stereocenters. The molecule has 0 bridgehead atoms. The van der Waals surface area contributed by atoms with Gasteiger partial charge in [0.15, 0.2) is 0 Å². The first-order valence-electron chi connectivity index (χ1n) is 5.36. The number of rotatable bonds is 4. The molecule has 0 saturated carbocycles. The minimum absolute atomic E-state index is 0.118. The molecule has 1 rings (SSSR count). The van der Waals surface area contributed by atoms with E-state index in [1.54, 1.807) is 11.3 Å². The molecule has 16 heavy (non-hydrogen) atoms. The van der Waals surface area contributed by atoms with Crippen LogP contribution in [0.3, 0.4) is 0 Å². The lowest BCUT2D eigenvalue weighted by molar-refractivity contribution is -0.126. The molecule has 1 amide bonds. The average Bonchev–Trinajstić information content (AvgIpc) is 2.44. The summed E-state index contributed by atoms with van der Waals surface area (Å²) in [5.41, 5.74) is 12.1. The van der Waals surface area contributed by atoms with Gasteiger partial charge in [-0.1, -0.05) is 13.8 Å². The van der Waals surface area contributed by atoms with Crippen molar-refractivity contribution < 1.29 is 4.79 Å². The van der Waals surface area contributed by atoms with E-state index in [0.717, 1.165) is 5.56 Å². The molecule has 3 nitrogen and oxygen atoms in total. The number of carbonyl (C=O) groups is 1. The number of aryl methyl sites for hydroxylation is 2. The lowest BCUT2D eigenvalue weighted by atomic mass is 9.83. The monoisotopic (exact) mass is 240 g/mol. The Morgan fingerprint density at radius 2 is 2.06 bits per heavy atom. The molecule has 0 radical (unpaired) electrons. The van der Waals surface area contributed by atoms with Crippen LogP contribution in [0, 0.1) is 19.3 Å². The van der Waals surface area contributed by atoms with Crippen LogP contribution in [0.5, 0.6) is 0 Å². The third kappa shape index (κ3) is 2.83. The Hall–Kier alpha value is -0.870. The van der Waals surface area contributed by atoms with E-state index in [0.29, 0.717) is 6.42 Å². The molecule has 1 heterocycles. The van der Waals surface area contributed by atoms with Gasteiger partial charge < -0.3 is 11.5 Å². The van der Waals surface area contributed by atoms with Crippen molar-refractivity contribution in [3.63, 3.8) is 0 Å². The van der Waals surface area contributed by atoms with Crippen LogP contribution in [0.15, 0.2) is 6.07 Å². The van der Waals surface area contributed by atoms with Crippen molar-refractivity contribution in [1.82, 2.24) is 0 Å². The number of amides is 1. The highest BCUT2D eigenvalue weighted by molar-refractivity contribution is 7.12. The maximum Gasteiger partial charge on any atom is 0.223 e. The normalized spacial score (nSPS) is 13.8. The number of primary amides is 1. The van der Waals surface area contributed by atoms with Crippen LogP contribution in [0.2, 0.25) is 0 Å². The predicted octanol–water partition coefficient (Wildman–Crippen LogP) is 2.27. The van der Waals surface area contributed by atoms with E-state index in [1.165, 1.54) is 9.75 Å². The number of carbonyl (C=O) groups excluding carboxylic acids is 1. The van der Waals surface area contributed by atoms with Crippen LogP contribution in [0.1, 0.15) is 41.6 Å². The Balaban J connectivity index is 2.84. The Bertz CT molecular complexity index is 396. The van der Waals surface area contributed by atoms with Gasteiger partial charge in [-0.3, -0.25) is 4.79 Å². The minimum Gasteiger partial charge on any atom is -0.369 e. The topological polar surface area (TPSA) is 69.1 Å². The van der Waals surface area contributed by atoms with E-state index in [9.17, 15) is 4.79 Å². The van der Waals surface area contributed by atoms with Gasteiger partial charge in [0.25, 0.3) is 0 Å². The molecule has 1 aromatic heterocycles. The predicted molar refractivity (Wildman–Crippen MR) is 68.3 cm³/mol. The second-order valence-electron chi connectivity index (χ2n) is 4.93. The molecular weight excluding hydrogens is 220 g/mol.